The second-order valence-corrected chi connectivity index (χ2v) is 12.2. The molecule has 4 rings (SSSR count). The molecule has 36 heavy (non-hydrogen) atoms. The fourth-order valence-corrected chi connectivity index (χ4v) is 8.91. The molecule has 1 N–H and O–H groups in total. The summed E-state index contributed by atoms with van der Waals surface area (Å²) in [6, 6.07) is 0. The Balaban J connectivity index is 1.78. The zero-order valence-electron chi connectivity index (χ0n) is 22.6. The predicted molar refractivity (Wildman–Crippen MR) is 133 cm³/mol. The lowest BCUT2D eigenvalue weighted by Crippen LogP contribution is -2.65. The summed E-state index contributed by atoms with van der Waals surface area (Å²) in [5.74, 6) is -1.11. The monoisotopic (exact) mass is 502 g/mol. The van der Waals surface area contributed by atoms with Crippen LogP contribution in [0.1, 0.15) is 86.5 Å². The molecule has 0 spiro atoms. The Morgan fingerprint density at radius 1 is 1.08 bits per heavy atom. The van der Waals surface area contributed by atoms with Crippen LogP contribution in [0.25, 0.3) is 0 Å². The molecule has 7 heteroatoms. The van der Waals surface area contributed by atoms with Crippen LogP contribution in [0, 0.1) is 40.4 Å². The summed E-state index contributed by atoms with van der Waals surface area (Å²) in [4.78, 5) is 50.8. The molecule has 0 amide bonds. The van der Waals surface area contributed by atoms with Gasteiger partial charge in [0.2, 0.25) is 5.78 Å². The molecule has 0 heterocycles. The summed E-state index contributed by atoms with van der Waals surface area (Å²) >= 11 is 0. The first-order valence-electron chi connectivity index (χ1n) is 13.7. The lowest BCUT2D eigenvalue weighted by Gasteiger charge is -2.62. The number of rotatable bonds is 6. The van der Waals surface area contributed by atoms with E-state index < -0.39 is 41.4 Å². The molecule has 0 saturated heterocycles. The van der Waals surface area contributed by atoms with Crippen LogP contribution in [0.5, 0.6) is 0 Å². The van der Waals surface area contributed by atoms with Crippen LogP contribution in [0.3, 0.4) is 0 Å². The third-order valence-corrected chi connectivity index (χ3v) is 10.4. The maximum atomic E-state index is 13.9. The standard InChI is InChI=1S/C29H42O7/c1-7-24(33)35-15-23(32)29(36-25(34)8-2)17(4)12-21-19-11-16(3)20-13-18(30)9-10-27(20,5)26(19)22(31)14-28(21,29)6/h13,16-17,19,21-22,26,31H,7-12,14-15H2,1-6H3/t16?,17?,19-,21-,22?,26+,27-,28-,29-/m0/s1. The van der Waals surface area contributed by atoms with Crippen LogP contribution in [0.4, 0.5) is 0 Å². The summed E-state index contributed by atoms with van der Waals surface area (Å²) in [6.07, 6.45) is 4.43. The Kier molecular flexibility index (Phi) is 7.04. The van der Waals surface area contributed by atoms with Gasteiger partial charge in [-0.3, -0.25) is 19.2 Å². The first kappa shape index (κ1) is 27.0. The van der Waals surface area contributed by atoms with Crippen molar-refractivity contribution in [3.63, 3.8) is 0 Å². The molecule has 0 aromatic carbocycles. The highest BCUT2D eigenvalue weighted by atomic mass is 16.6. The van der Waals surface area contributed by atoms with E-state index in [1.165, 1.54) is 0 Å². The molecule has 0 aliphatic heterocycles. The molecular weight excluding hydrogens is 460 g/mol. The van der Waals surface area contributed by atoms with Crippen molar-refractivity contribution >= 4 is 23.5 Å². The summed E-state index contributed by atoms with van der Waals surface area (Å²) in [6.45, 7) is 11.2. The molecule has 9 atom stereocenters. The van der Waals surface area contributed by atoms with Crippen LogP contribution in [0.2, 0.25) is 0 Å². The zero-order valence-corrected chi connectivity index (χ0v) is 22.6. The largest absolute Gasteiger partial charge is 0.457 e. The van der Waals surface area contributed by atoms with Crippen LogP contribution in [-0.4, -0.2) is 46.9 Å². The first-order valence-corrected chi connectivity index (χ1v) is 13.7. The Hall–Kier alpha value is -2.02. The van der Waals surface area contributed by atoms with E-state index in [1.54, 1.807) is 13.8 Å². The lowest BCUT2D eigenvalue weighted by molar-refractivity contribution is -0.209. The smallest absolute Gasteiger partial charge is 0.306 e. The maximum absolute atomic E-state index is 13.9. The van der Waals surface area contributed by atoms with Gasteiger partial charge in [0.1, 0.15) is 0 Å². The normalized spacial score (nSPS) is 43.5. The first-order chi connectivity index (χ1) is 16.9. The molecule has 4 aliphatic rings. The minimum Gasteiger partial charge on any atom is -0.457 e. The van der Waals surface area contributed by atoms with E-state index in [4.69, 9.17) is 9.47 Å². The number of ketones is 2. The van der Waals surface area contributed by atoms with Gasteiger partial charge in [-0.25, -0.2) is 0 Å². The lowest BCUT2D eigenvalue weighted by atomic mass is 9.44. The highest BCUT2D eigenvalue weighted by molar-refractivity contribution is 5.94. The SMILES string of the molecule is CCC(=O)OCC(=O)[C@@]1(OC(=O)CC)C(C)C[C@H]2[C@@H]3CC(C)C4=CC(=O)CC[C@]4(C)[C@H]3C(O)C[C@@]21C. The second kappa shape index (κ2) is 9.38. The van der Waals surface area contributed by atoms with Crippen LogP contribution < -0.4 is 0 Å². The van der Waals surface area contributed by atoms with Crippen LogP contribution >= 0.6 is 0 Å². The van der Waals surface area contributed by atoms with E-state index in [1.807, 2.05) is 19.9 Å². The van der Waals surface area contributed by atoms with Crippen molar-refractivity contribution in [3.8, 4) is 0 Å². The number of fused-ring (bicyclic) bond motifs is 5. The molecule has 3 saturated carbocycles. The predicted octanol–water partition coefficient (Wildman–Crippen LogP) is 4.20. The number of carbonyl (C=O) groups excluding carboxylic acids is 4. The van der Waals surface area contributed by atoms with Crippen molar-refractivity contribution in [2.45, 2.75) is 98.2 Å². The van der Waals surface area contributed by atoms with Gasteiger partial charge in [-0.15, -0.1) is 0 Å². The third kappa shape index (κ3) is 3.79. The minimum atomic E-state index is -1.46. The van der Waals surface area contributed by atoms with Crippen molar-refractivity contribution in [2.24, 2.45) is 40.4 Å². The molecule has 200 valence electrons. The van der Waals surface area contributed by atoms with Crippen molar-refractivity contribution in [1.82, 2.24) is 0 Å². The van der Waals surface area contributed by atoms with E-state index in [0.29, 0.717) is 19.3 Å². The molecule has 3 unspecified atom stereocenters. The van der Waals surface area contributed by atoms with Gasteiger partial charge >= 0.3 is 11.9 Å². The molecule has 0 bridgehead atoms. The molecule has 3 fully saturated rings. The molecule has 0 aromatic rings. The van der Waals surface area contributed by atoms with E-state index >= 15 is 0 Å². The van der Waals surface area contributed by atoms with Gasteiger partial charge in [0, 0.05) is 30.6 Å². The third-order valence-electron chi connectivity index (χ3n) is 10.4. The minimum absolute atomic E-state index is 0.0241. The quantitative estimate of drug-likeness (QED) is 0.543. The highest BCUT2D eigenvalue weighted by Crippen LogP contribution is 2.70. The van der Waals surface area contributed by atoms with Crippen LogP contribution in [-0.2, 0) is 28.7 Å². The topological polar surface area (TPSA) is 107 Å². The van der Waals surface area contributed by atoms with Gasteiger partial charge in [0.15, 0.2) is 18.0 Å². The molecule has 0 radical (unpaired) electrons. The summed E-state index contributed by atoms with van der Waals surface area (Å²) in [5.41, 5.74) is -1.38. The van der Waals surface area contributed by atoms with Crippen LogP contribution in [0.15, 0.2) is 11.6 Å². The Bertz CT molecular complexity index is 984. The Labute approximate surface area is 214 Å². The molecule has 7 nitrogen and oxygen atoms in total. The maximum Gasteiger partial charge on any atom is 0.306 e. The van der Waals surface area contributed by atoms with Crippen molar-refractivity contribution in [2.75, 3.05) is 6.61 Å². The fraction of sp³-hybridized carbons (Fsp3) is 0.793. The van der Waals surface area contributed by atoms with E-state index in [0.717, 1.165) is 18.4 Å². The van der Waals surface area contributed by atoms with Gasteiger partial charge in [-0.2, -0.15) is 0 Å². The number of aliphatic hydroxyl groups is 1. The van der Waals surface area contributed by atoms with Gasteiger partial charge in [-0.1, -0.05) is 47.1 Å². The number of hydrogen-bond donors (Lipinski definition) is 1. The van der Waals surface area contributed by atoms with E-state index in [9.17, 15) is 24.3 Å². The summed E-state index contributed by atoms with van der Waals surface area (Å²) in [7, 11) is 0. The number of Topliss-reactive ketones (excluding diaryl/α,β-unsaturated/α-hetero) is 1. The Morgan fingerprint density at radius 2 is 1.75 bits per heavy atom. The number of esters is 2. The van der Waals surface area contributed by atoms with Gasteiger partial charge in [-0.05, 0) is 60.8 Å². The Morgan fingerprint density at radius 3 is 2.39 bits per heavy atom. The fourth-order valence-electron chi connectivity index (χ4n) is 8.91. The van der Waals surface area contributed by atoms with Gasteiger partial charge in [0.05, 0.1) is 6.10 Å². The number of hydrogen-bond acceptors (Lipinski definition) is 7. The second-order valence-electron chi connectivity index (χ2n) is 12.2. The molecular formula is C29H42O7. The van der Waals surface area contributed by atoms with E-state index in [2.05, 4.69) is 13.8 Å². The van der Waals surface area contributed by atoms with Gasteiger partial charge in [0.25, 0.3) is 0 Å². The highest BCUT2D eigenvalue weighted by Gasteiger charge is 2.73. The number of aliphatic hydroxyl groups excluding tert-OH is 1. The average Bonchev–Trinajstić information content (AvgIpc) is 3.05. The van der Waals surface area contributed by atoms with Crippen molar-refractivity contribution in [3.05, 3.63) is 11.6 Å². The average molecular weight is 503 g/mol. The molecule has 0 aromatic heterocycles. The number of carbonyl (C=O) groups is 4. The summed E-state index contributed by atoms with van der Waals surface area (Å²) in [5, 5.41) is 11.8. The van der Waals surface area contributed by atoms with Crippen molar-refractivity contribution in [1.29, 1.82) is 0 Å². The number of allylic oxidation sites excluding steroid dienone is 1. The van der Waals surface area contributed by atoms with E-state index in [-0.39, 0.29) is 53.6 Å². The molecule has 4 aliphatic carbocycles. The number of ether oxygens (including phenoxy) is 2. The zero-order chi connectivity index (χ0) is 26.6. The van der Waals surface area contributed by atoms with Crippen molar-refractivity contribution < 1.29 is 33.8 Å². The summed E-state index contributed by atoms with van der Waals surface area (Å²) < 4.78 is 11.4. The van der Waals surface area contributed by atoms with Gasteiger partial charge < -0.3 is 14.6 Å².